The Morgan fingerprint density at radius 1 is 1.59 bits per heavy atom. The van der Waals surface area contributed by atoms with Crippen LogP contribution in [0.4, 0.5) is 10.1 Å². The molecule has 1 aromatic rings. The Balaban J connectivity index is 2.35. The predicted octanol–water partition coefficient (Wildman–Crippen LogP) is 1.82. The number of phenolic OH excluding ortho intramolecular Hbond substituents is 1. The number of halogens is 1. The van der Waals surface area contributed by atoms with Gasteiger partial charge >= 0.3 is 5.69 Å². The van der Waals surface area contributed by atoms with E-state index in [2.05, 4.69) is 5.32 Å². The van der Waals surface area contributed by atoms with Crippen LogP contribution < -0.4 is 5.32 Å². The van der Waals surface area contributed by atoms with E-state index in [1.54, 1.807) is 11.8 Å². The summed E-state index contributed by atoms with van der Waals surface area (Å²) in [4.78, 5) is 9.73. The molecule has 1 saturated heterocycles. The Morgan fingerprint density at radius 2 is 2.35 bits per heavy atom. The quantitative estimate of drug-likeness (QED) is 0.625. The van der Waals surface area contributed by atoms with Gasteiger partial charge in [-0.1, -0.05) is 0 Å². The molecule has 0 aliphatic carbocycles. The number of thioether (sulfide) groups is 1. The van der Waals surface area contributed by atoms with Crippen molar-refractivity contribution in [1.29, 1.82) is 0 Å². The third-order valence-corrected chi connectivity index (χ3v) is 3.83. The van der Waals surface area contributed by atoms with Gasteiger partial charge in [-0.25, -0.2) is 4.39 Å². The average Bonchev–Trinajstić information content (AvgIpc) is 2.32. The predicted molar refractivity (Wildman–Crippen MR) is 62.8 cm³/mol. The van der Waals surface area contributed by atoms with Crippen LogP contribution >= 0.6 is 11.8 Å². The fourth-order valence-electron chi connectivity index (χ4n) is 1.73. The van der Waals surface area contributed by atoms with Crippen LogP contribution in [0.1, 0.15) is 10.8 Å². The Labute approximate surface area is 101 Å². The molecule has 0 amide bonds. The van der Waals surface area contributed by atoms with Crippen molar-refractivity contribution >= 4 is 17.4 Å². The van der Waals surface area contributed by atoms with Crippen LogP contribution in [0, 0.1) is 15.9 Å². The lowest BCUT2D eigenvalue weighted by molar-refractivity contribution is -0.386. The number of phenols is 1. The largest absolute Gasteiger partial charge is 0.502 e. The van der Waals surface area contributed by atoms with E-state index >= 15 is 0 Å². The van der Waals surface area contributed by atoms with E-state index in [1.807, 2.05) is 0 Å². The molecule has 1 heterocycles. The SMILES string of the molecule is O=[N+]([O-])c1cc(F)c(C2CNCCS2)cc1O. The first-order chi connectivity index (χ1) is 8.09. The topological polar surface area (TPSA) is 75.4 Å². The van der Waals surface area contributed by atoms with Gasteiger partial charge < -0.3 is 10.4 Å². The van der Waals surface area contributed by atoms with Gasteiger partial charge in [0.25, 0.3) is 0 Å². The second kappa shape index (κ2) is 4.89. The zero-order chi connectivity index (χ0) is 12.4. The first kappa shape index (κ1) is 12.1. The molecule has 0 radical (unpaired) electrons. The Hall–Kier alpha value is -1.34. The van der Waals surface area contributed by atoms with Gasteiger partial charge in [-0.3, -0.25) is 10.1 Å². The molecule has 1 aromatic carbocycles. The minimum Gasteiger partial charge on any atom is -0.502 e. The van der Waals surface area contributed by atoms with Crippen LogP contribution in [-0.2, 0) is 0 Å². The van der Waals surface area contributed by atoms with Gasteiger partial charge in [-0.05, 0) is 6.07 Å². The summed E-state index contributed by atoms with van der Waals surface area (Å²) in [6, 6.07) is 1.93. The van der Waals surface area contributed by atoms with Crippen LogP contribution in [0.25, 0.3) is 0 Å². The number of hydrogen-bond acceptors (Lipinski definition) is 5. The average molecular weight is 258 g/mol. The molecular formula is C10H11FN2O3S. The highest BCUT2D eigenvalue weighted by atomic mass is 32.2. The summed E-state index contributed by atoms with van der Waals surface area (Å²) in [5, 5.41) is 23.0. The maximum Gasteiger partial charge on any atom is 0.313 e. The molecule has 1 atom stereocenters. The second-order valence-corrected chi connectivity index (χ2v) is 4.99. The number of rotatable bonds is 2. The van der Waals surface area contributed by atoms with E-state index in [1.165, 1.54) is 0 Å². The molecule has 0 saturated carbocycles. The van der Waals surface area contributed by atoms with Crippen molar-refractivity contribution in [1.82, 2.24) is 5.32 Å². The van der Waals surface area contributed by atoms with Gasteiger partial charge in [0.2, 0.25) is 0 Å². The Kier molecular flexibility index (Phi) is 3.49. The molecule has 17 heavy (non-hydrogen) atoms. The summed E-state index contributed by atoms with van der Waals surface area (Å²) in [6.07, 6.45) is 0. The van der Waals surface area contributed by atoms with Crippen molar-refractivity contribution in [2.75, 3.05) is 18.8 Å². The molecule has 1 fully saturated rings. The zero-order valence-electron chi connectivity index (χ0n) is 8.85. The van der Waals surface area contributed by atoms with E-state index in [4.69, 9.17) is 0 Å². The molecular weight excluding hydrogens is 247 g/mol. The van der Waals surface area contributed by atoms with Gasteiger partial charge in [0.05, 0.1) is 11.0 Å². The van der Waals surface area contributed by atoms with Gasteiger partial charge in [0.15, 0.2) is 5.75 Å². The maximum absolute atomic E-state index is 13.7. The zero-order valence-corrected chi connectivity index (χ0v) is 9.67. The molecule has 5 nitrogen and oxygen atoms in total. The third-order valence-electron chi connectivity index (χ3n) is 2.57. The van der Waals surface area contributed by atoms with Crippen molar-refractivity contribution in [2.24, 2.45) is 0 Å². The molecule has 92 valence electrons. The summed E-state index contributed by atoms with van der Waals surface area (Å²) in [5.41, 5.74) is -0.287. The fraction of sp³-hybridized carbons (Fsp3) is 0.400. The summed E-state index contributed by atoms with van der Waals surface area (Å²) in [5.74, 6) is -0.282. The first-order valence-corrected chi connectivity index (χ1v) is 6.13. The molecule has 2 rings (SSSR count). The van der Waals surface area contributed by atoms with E-state index in [9.17, 15) is 19.6 Å². The molecule has 7 heteroatoms. The Bertz CT molecular complexity index is 449. The van der Waals surface area contributed by atoms with Crippen molar-refractivity contribution < 1.29 is 14.4 Å². The minimum atomic E-state index is -0.797. The molecule has 1 aliphatic rings. The lowest BCUT2D eigenvalue weighted by atomic mass is 10.1. The number of benzene rings is 1. The van der Waals surface area contributed by atoms with Crippen molar-refractivity contribution in [3.8, 4) is 5.75 Å². The number of nitro benzene ring substituents is 1. The smallest absolute Gasteiger partial charge is 0.313 e. The Morgan fingerprint density at radius 3 is 2.94 bits per heavy atom. The second-order valence-electron chi connectivity index (χ2n) is 3.68. The van der Waals surface area contributed by atoms with Crippen molar-refractivity contribution in [2.45, 2.75) is 5.25 Å². The lowest BCUT2D eigenvalue weighted by Crippen LogP contribution is -2.28. The summed E-state index contributed by atoms with van der Waals surface area (Å²) >= 11 is 1.57. The molecule has 2 N–H and O–H groups in total. The number of aromatic hydroxyl groups is 1. The highest BCUT2D eigenvalue weighted by Gasteiger charge is 2.24. The maximum atomic E-state index is 13.7. The molecule has 0 aromatic heterocycles. The van der Waals surface area contributed by atoms with Gasteiger partial charge in [-0.2, -0.15) is 11.8 Å². The van der Waals surface area contributed by atoms with Gasteiger partial charge in [-0.15, -0.1) is 0 Å². The monoisotopic (exact) mass is 258 g/mol. The summed E-state index contributed by atoms with van der Waals surface area (Å²) < 4.78 is 13.7. The number of hydrogen-bond donors (Lipinski definition) is 2. The molecule has 0 spiro atoms. The first-order valence-electron chi connectivity index (χ1n) is 5.08. The van der Waals surface area contributed by atoms with Gasteiger partial charge in [0, 0.05) is 29.7 Å². The molecule has 1 aliphatic heterocycles. The van der Waals surface area contributed by atoms with Crippen molar-refractivity contribution in [3.63, 3.8) is 0 Å². The highest BCUT2D eigenvalue weighted by molar-refractivity contribution is 7.99. The van der Waals surface area contributed by atoms with E-state index < -0.39 is 22.2 Å². The minimum absolute atomic E-state index is 0.115. The van der Waals surface area contributed by atoms with Gasteiger partial charge in [0.1, 0.15) is 5.82 Å². The number of nitro groups is 1. The summed E-state index contributed by atoms with van der Waals surface area (Å²) in [7, 11) is 0. The van der Waals surface area contributed by atoms with Crippen molar-refractivity contribution in [3.05, 3.63) is 33.6 Å². The molecule has 0 bridgehead atoms. The third kappa shape index (κ3) is 2.50. The van der Waals surface area contributed by atoms with E-state index in [0.29, 0.717) is 12.1 Å². The van der Waals surface area contributed by atoms with Crippen LogP contribution in [0.15, 0.2) is 12.1 Å². The summed E-state index contributed by atoms with van der Waals surface area (Å²) in [6.45, 7) is 1.46. The normalized spacial score (nSPS) is 20.2. The van der Waals surface area contributed by atoms with Crippen LogP contribution in [-0.4, -0.2) is 28.9 Å². The molecule has 1 unspecified atom stereocenters. The van der Waals surface area contributed by atoms with E-state index in [0.717, 1.165) is 24.4 Å². The lowest BCUT2D eigenvalue weighted by Gasteiger charge is -2.23. The van der Waals surface area contributed by atoms with Crippen LogP contribution in [0.3, 0.4) is 0 Å². The number of nitrogens with one attached hydrogen (secondary N) is 1. The van der Waals surface area contributed by atoms with E-state index in [-0.39, 0.29) is 5.25 Å². The van der Waals surface area contributed by atoms with Crippen LogP contribution in [0.2, 0.25) is 0 Å². The fourth-order valence-corrected chi connectivity index (χ4v) is 2.87. The van der Waals surface area contributed by atoms with Crippen LogP contribution in [0.5, 0.6) is 5.75 Å². The highest BCUT2D eigenvalue weighted by Crippen LogP contribution is 2.37. The number of nitrogens with zero attached hydrogens (tertiary/aromatic N) is 1. The standard InChI is InChI=1S/C10H11FN2O3S/c11-7-4-8(13(15)16)9(14)3-6(7)10-5-12-1-2-17-10/h3-4,10,12,14H,1-2,5H2.